The second-order valence-electron chi connectivity index (χ2n) is 8.59. The number of benzene rings is 2. The summed E-state index contributed by atoms with van der Waals surface area (Å²) in [5, 5.41) is 3.15. The van der Waals surface area contributed by atoms with E-state index in [0.29, 0.717) is 19.6 Å². The van der Waals surface area contributed by atoms with E-state index in [1.807, 2.05) is 24.3 Å². The zero-order valence-electron chi connectivity index (χ0n) is 19.0. The average Bonchev–Trinajstić information content (AvgIpc) is 3.32. The lowest BCUT2D eigenvalue weighted by Gasteiger charge is -2.28. The van der Waals surface area contributed by atoms with E-state index in [1.165, 1.54) is 0 Å². The first kappa shape index (κ1) is 22.8. The smallest absolute Gasteiger partial charge is 0.252 e. The Morgan fingerprint density at radius 1 is 1.12 bits per heavy atom. The molecule has 2 aliphatic rings. The number of carbonyl (C=O) groups excluding carboxylic acids is 1. The summed E-state index contributed by atoms with van der Waals surface area (Å²) in [6.07, 6.45) is 3.17. The lowest BCUT2D eigenvalue weighted by atomic mass is 9.89. The van der Waals surface area contributed by atoms with Crippen LogP contribution in [0.15, 0.2) is 48.5 Å². The highest BCUT2D eigenvalue weighted by molar-refractivity contribution is 5.86. The van der Waals surface area contributed by atoms with Gasteiger partial charge in [0.1, 0.15) is 5.75 Å². The molecular formula is C26H34N2O4. The number of ether oxygens (including phenoxy) is 3. The number of amides is 1. The van der Waals surface area contributed by atoms with Crippen molar-refractivity contribution in [3.8, 4) is 16.9 Å². The fraction of sp³-hybridized carbons (Fsp3) is 0.500. The Hall–Kier alpha value is -2.41. The van der Waals surface area contributed by atoms with Crippen molar-refractivity contribution in [3.63, 3.8) is 0 Å². The molecule has 0 aliphatic carbocycles. The van der Waals surface area contributed by atoms with Crippen LogP contribution in [0.25, 0.3) is 11.1 Å². The zero-order chi connectivity index (χ0) is 22.2. The molecule has 0 bridgehead atoms. The highest BCUT2D eigenvalue weighted by Crippen LogP contribution is 2.33. The summed E-state index contributed by atoms with van der Waals surface area (Å²) in [6.45, 7) is 5.84. The molecule has 2 fully saturated rings. The van der Waals surface area contributed by atoms with Crippen LogP contribution in [0.5, 0.6) is 5.75 Å². The van der Waals surface area contributed by atoms with Crippen molar-refractivity contribution in [1.29, 1.82) is 0 Å². The molecule has 172 valence electrons. The van der Waals surface area contributed by atoms with Gasteiger partial charge in [0, 0.05) is 38.2 Å². The molecule has 6 heteroatoms. The number of hydrogen-bond donors (Lipinski definition) is 1. The summed E-state index contributed by atoms with van der Waals surface area (Å²) in [5.74, 6) is 0.856. The largest absolute Gasteiger partial charge is 0.496 e. The van der Waals surface area contributed by atoms with Crippen LogP contribution in [0, 0.1) is 0 Å². The predicted octanol–water partition coefficient (Wildman–Crippen LogP) is 3.29. The summed E-state index contributed by atoms with van der Waals surface area (Å²) >= 11 is 0. The Labute approximate surface area is 190 Å². The van der Waals surface area contributed by atoms with Crippen molar-refractivity contribution < 1.29 is 19.0 Å². The minimum Gasteiger partial charge on any atom is -0.496 e. The second kappa shape index (κ2) is 10.9. The molecule has 1 unspecified atom stereocenters. The van der Waals surface area contributed by atoms with Crippen LogP contribution in [0.1, 0.15) is 24.8 Å². The van der Waals surface area contributed by atoms with Gasteiger partial charge in [0.05, 0.1) is 20.3 Å². The van der Waals surface area contributed by atoms with Gasteiger partial charge in [0.2, 0.25) is 0 Å². The summed E-state index contributed by atoms with van der Waals surface area (Å²) in [6, 6.07) is 16.3. The molecule has 1 atom stereocenters. The first-order valence-electron chi connectivity index (χ1n) is 11.6. The number of nitrogens with zero attached hydrogens (tertiary/aromatic N) is 1. The van der Waals surface area contributed by atoms with Crippen LogP contribution in [0.4, 0.5) is 0 Å². The normalized spacial score (nSPS) is 21.4. The second-order valence-corrected chi connectivity index (χ2v) is 8.59. The van der Waals surface area contributed by atoms with Crippen LogP contribution in [0.2, 0.25) is 0 Å². The molecule has 2 aromatic carbocycles. The maximum Gasteiger partial charge on any atom is 0.252 e. The van der Waals surface area contributed by atoms with Gasteiger partial charge in [-0.1, -0.05) is 42.5 Å². The predicted molar refractivity (Wildman–Crippen MR) is 125 cm³/mol. The third kappa shape index (κ3) is 5.49. The van der Waals surface area contributed by atoms with E-state index in [1.54, 1.807) is 7.11 Å². The molecule has 32 heavy (non-hydrogen) atoms. The van der Waals surface area contributed by atoms with Crippen molar-refractivity contribution in [2.45, 2.75) is 31.3 Å². The summed E-state index contributed by atoms with van der Waals surface area (Å²) in [7, 11) is 1.69. The van der Waals surface area contributed by atoms with E-state index >= 15 is 0 Å². The lowest BCUT2D eigenvalue weighted by Crippen LogP contribution is -2.48. The topological polar surface area (TPSA) is 60.0 Å². The molecule has 1 N–H and O–H groups in total. The van der Waals surface area contributed by atoms with Gasteiger partial charge >= 0.3 is 0 Å². The highest BCUT2D eigenvalue weighted by Gasteiger charge is 2.42. The number of para-hydroxylation sites is 1. The van der Waals surface area contributed by atoms with E-state index in [4.69, 9.17) is 14.2 Å². The molecule has 0 spiro atoms. The highest BCUT2D eigenvalue weighted by atomic mass is 16.5. The summed E-state index contributed by atoms with van der Waals surface area (Å²) in [5.41, 5.74) is 2.45. The zero-order valence-corrected chi connectivity index (χ0v) is 19.0. The number of methoxy groups -OCH3 is 1. The van der Waals surface area contributed by atoms with Crippen molar-refractivity contribution in [2.24, 2.45) is 0 Å². The Balaban J connectivity index is 1.39. The SMILES string of the molecule is COc1ccccc1-c1cccc(CC2(C(=O)NCCCN3CCOCC3)CCCO2)c1. The fourth-order valence-electron chi connectivity index (χ4n) is 4.65. The van der Waals surface area contributed by atoms with E-state index in [2.05, 4.69) is 34.5 Å². The van der Waals surface area contributed by atoms with Crippen LogP contribution in [0.3, 0.4) is 0 Å². The molecule has 0 saturated carbocycles. The maximum atomic E-state index is 13.2. The van der Waals surface area contributed by atoms with E-state index in [9.17, 15) is 4.79 Å². The molecule has 4 rings (SSSR count). The third-order valence-electron chi connectivity index (χ3n) is 6.39. The molecule has 0 aromatic heterocycles. The fourth-order valence-corrected chi connectivity index (χ4v) is 4.65. The van der Waals surface area contributed by atoms with Crippen molar-refractivity contribution in [2.75, 3.05) is 53.1 Å². The van der Waals surface area contributed by atoms with E-state index < -0.39 is 5.60 Å². The summed E-state index contributed by atoms with van der Waals surface area (Å²) in [4.78, 5) is 15.6. The van der Waals surface area contributed by atoms with Gasteiger partial charge in [-0.3, -0.25) is 9.69 Å². The Kier molecular flexibility index (Phi) is 7.79. The molecule has 1 amide bonds. The van der Waals surface area contributed by atoms with Crippen LogP contribution < -0.4 is 10.1 Å². The van der Waals surface area contributed by atoms with Crippen molar-refractivity contribution in [1.82, 2.24) is 10.2 Å². The van der Waals surface area contributed by atoms with Gasteiger partial charge in [0.25, 0.3) is 5.91 Å². The average molecular weight is 439 g/mol. The quantitative estimate of drug-likeness (QED) is 0.609. The molecule has 6 nitrogen and oxygen atoms in total. The monoisotopic (exact) mass is 438 g/mol. The van der Waals surface area contributed by atoms with Crippen LogP contribution in [-0.2, 0) is 20.7 Å². The number of morpholine rings is 1. The number of carbonyl (C=O) groups is 1. The van der Waals surface area contributed by atoms with Crippen LogP contribution >= 0.6 is 0 Å². The number of rotatable bonds is 9. The Bertz CT molecular complexity index is 889. The van der Waals surface area contributed by atoms with E-state index in [0.717, 1.165) is 74.6 Å². The molecule has 0 radical (unpaired) electrons. The van der Waals surface area contributed by atoms with Crippen molar-refractivity contribution >= 4 is 5.91 Å². The first-order valence-corrected chi connectivity index (χ1v) is 11.6. The van der Waals surface area contributed by atoms with Gasteiger partial charge in [-0.05, 0) is 43.0 Å². The van der Waals surface area contributed by atoms with Gasteiger partial charge in [-0.25, -0.2) is 0 Å². The molecular weight excluding hydrogens is 404 g/mol. The van der Waals surface area contributed by atoms with E-state index in [-0.39, 0.29) is 5.91 Å². The maximum absolute atomic E-state index is 13.2. The Morgan fingerprint density at radius 2 is 1.97 bits per heavy atom. The van der Waals surface area contributed by atoms with Gasteiger partial charge in [0.15, 0.2) is 5.60 Å². The standard InChI is InChI=1S/C26H34N2O4/c1-30-24-10-3-2-9-23(24)22-8-4-7-21(19-22)20-26(11-5-16-32-26)25(29)27-12-6-13-28-14-17-31-18-15-28/h2-4,7-10,19H,5-6,11-18,20H2,1H3,(H,27,29). The molecule has 2 heterocycles. The van der Waals surface area contributed by atoms with Crippen molar-refractivity contribution in [3.05, 3.63) is 54.1 Å². The Morgan fingerprint density at radius 3 is 2.75 bits per heavy atom. The first-order chi connectivity index (χ1) is 15.7. The number of nitrogens with one attached hydrogen (secondary N) is 1. The minimum atomic E-state index is -0.779. The lowest BCUT2D eigenvalue weighted by molar-refractivity contribution is -0.141. The number of hydrogen-bond acceptors (Lipinski definition) is 5. The minimum absolute atomic E-state index is 0.0136. The molecule has 2 saturated heterocycles. The molecule has 2 aliphatic heterocycles. The van der Waals surface area contributed by atoms with Gasteiger partial charge in [-0.2, -0.15) is 0 Å². The third-order valence-corrected chi connectivity index (χ3v) is 6.39. The van der Waals surface area contributed by atoms with Crippen LogP contribution in [-0.4, -0.2) is 69.5 Å². The summed E-state index contributed by atoms with van der Waals surface area (Å²) < 4.78 is 17.0. The van der Waals surface area contributed by atoms with Gasteiger partial charge in [-0.15, -0.1) is 0 Å². The van der Waals surface area contributed by atoms with Gasteiger partial charge < -0.3 is 19.5 Å². The molecule has 2 aromatic rings.